The van der Waals surface area contributed by atoms with Crippen molar-refractivity contribution in [1.82, 2.24) is 0 Å². The summed E-state index contributed by atoms with van der Waals surface area (Å²) in [5.74, 6) is 5.07. The Hall–Kier alpha value is -1.11. The third-order valence-electron chi connectivity index (χ3n) is 11.0. The zero-order valence-corrected chi connectivity index (χ0v) is 30.4. The molecule has 5 rings (SSSR count). The van der Waals surface area contributed by atoms with Crippen molar-refractivity contribution >= 4 is 37.0 Å². The molecule has 0 unspecified atom stereocenters. The van der Waals surface area contributed by atoms with Crippen molar-refractivity contribution < 1.29 is 0 Å². The molecule has 0 aliphatic heterocycles. The van der Waals surface area contributed by atoms with E-state index in [2.05, 4.69) is 133 Å². The molecule has 3 aromatic carbocycles. The van der Waals surface area contributed by atoms with E-state index in [0.29, 0.717) is 0 Å². The van der Waals surface area contributed by atoms with Gasteiger partial charge in [0.2, 0.25) is 0 Å². The second-order valence-electron chi connectivity index (χ2n) is 14.5. The normalized spacial score (nSPS) is 27.4. The van der Waals surface area contributed by atoms with Gasteiger partial charge in [-0.1, -0.05) is 0 Å². The summed E-state index contributed by atoms with van der Waals surface area (Å²) in [6, 6.07) is 35.8. The molecule has 2 heteroatoms. The summed E-state index contributed by atoms with van der Waals surface area (Å²) in [7, 11) is -0.159. The Balaban J connectivity index is 1.75. The minimum absolute atomic E-state index is 0.159. The first-order valence-electron chi connectivity index (χ1n) is 16.7. The minimum atomic E-state index is -3.40. The maximum absolute atomic E-state index is 3.40. The van der Waals surface area contributed by atoms with Crippen molar-refractivity contribution in [2.45, 2.75) is 91.4 Å². The Bertz CT molecular complexity index is 1060. The van der Waals surface area contributed by atoms with E-state index in [9.17, 15) is 0 Å². The number of benzene rings is 3. The summed E-state index contributed by atoms with van der Waals surface area (Å²) >= 11 is -3.40. The van der Waals surface area contributed by atoms with Gasteiger partial charge in [-0.25, -0.2) is 0 Å². The molecule has 41 heavy (non-hydrogen) atoms. The van der Waals surface area contributed by atoms with Crippen LogP contribution in [0.15, 0.2) is 91.0 Å². The van der Waals surface area contributed by atoms with E-state index < -0.39 is 18.4 Å². The predicted octanol–water partition coefficient (Wildman–Crippen LogP) is 9.10. The molecule has 2 aliphatic rings. The number of rotatable bonds is 9. The van der Waals surface area contributed by atoms with Crippen molar-refractivity contribution in [2.24, 2.45) is 35.5 Å². The summed E-state index contributed by atoms with van der Waals surface area (Å²) < 4.78 is 6.52. The summed E-state index contributed by atoms with van der Waals surface area (Å²) in [5.41, 5.74) is 1.80. The maximum atomic E-state index is 2.57. The van der Waals surface area contributed by atoms with E-state index in [1.54, 1.807) is 10.7 Å². The number of hydrogen-bond donors (Lipinski definition) is 0. The Morgan fingerprint density at radius 1 is 0.561 bits per heavy atom. The van der Waals surface area contributed by atoms with Crippen LogP contribution in [0.3, 0.4) is 0 Å². The van der Waals surface area contributed by atoms with Gasteiger partial charge in [0.05, 0.1) is 0 Å². The molecule has 0 heterocycles. The van der Waals surface area contributed by atoms with Crippen LogP contribution in [0.25, 0.3) is 0 Å². The molecule has 0 spiro atoms. The van der Waals surface area contributed by atoms with Gasteiger partial charge in [-0.2, -0.15) is 0 Å². The third-order valence-corrected chi connectivity index (χ3v) is 33.3. The SMILES string of the molecule is CC(C)[C@@H]1CC[C@@H](C)C[C@H]1P([CH2][Sn]([c]1ccccc1)([c]1ccccc1)[c]1ccccc1)[C@@H]1C[C@H](C)CC[C@H]1C(C)C. The van der Waals surface area contributed by atoms with Gasteiger partial charge in [0.15, 0.2) is 0 Å². The van der Waals surface area contributed by atoms with Crippen molar-refractivity contribution in [3.63, 3.8) is 0 Å². The zero-order chi connectivity index (χ0) is 29.0. The van der Waals surface area contributed by atoms with Crippen molar-refractivity contribution in [3.8, 4) is 0 Å². The molecule has 0 bridgehead atoms. The van der Waals surface area contributed by atoms with Crippen molar-refractivity contribution in [1.29, 1.82) is 0 Å². The molecule has 0 amide bonds. The van der Waals surface area contributed by atoms with Gasteiger partial charge in [-0.15, -0.1) is 0 Å². The average molecular weight is 674 g/mol. The molecule has 0 radical (unpaired) electrons. The van der Waals surface area contributed by atoms with Gasteiger partial charge in [0.1, 0.15) is 0 Å². The fourth-order valence-corrected chi connectivity index (χ4v) is 36.8. The number of hydrogen-bond acceptors (Lipinski definition) is 0. The average Bonchev–Trinajstić information content (AvgIpc) is 2.99. The van der Waals surface area contributed by atoms with Crippen molar-refractivity contribution in [2.75, 3.05) is 4.18 Å². The molecular formula is C39H55PSn. The molecule has 220 valence electrons. The van der Waals surface area contributed by atoms with E-state index >= 15 is 0 Å². The molecular weight excluding hydrogens is 618 g/mol. The third kappa shape index (κ3) is 6.85. The topological polar surface area (TPSA) is 0 Å². The van der Waals surface area contributed by atoms with E-state index in [4.69, 9.17) is 0 Å². The molecule has 0 nitrogen and oxygen atoms in total. The molecule has 2 saturated carbocycles. The van der Waals surface area contributed by atoms with Crippen LogP contribution in [0.4, 0.5) is 0 Å². The second kappa shape index (κ2) is 14.1. The van der Waals surface area contributed by atoms with Crippen LogP contribution in [0.5, 0.6) is 0 Å². The fraction of sp³-hybridized carbons (Fsp3) is 0.538. The monoisotopic (exact) mass is 674 g/mol. The van der Waals surface area contributed by atoms with Crippen LogP contribution in [-0.4, -0.2) is 33.9 Å². The van der Waals surface area contributed by atoms with Crippen LogP contribution in [-0.2, 0) is 0 Å². The fourth-order valence-electron chi connectivity index (χ4n) is 8.76. The van der Waals surface area contributed by atoms with E-state index in [-0.39, 0.29) is 7.92 Å². The van der Waals surface area contributed by atoms with Gasteiger partial charge < -0.3 is 0 Å². The molecule has 3 aromatic rings. The Labute approximate surface area is 257 Å². The Kier molecular flexibility index (Phi) is 10.8. The van der Waals surface area contributed by atoms with Crippen LogP contribution in [0, 0.1) is 35.5 Å². The zero-order valence-electron chi connectivity index (χ0n) is 26.7. The van der Waals surface area contributed by atoms with Gasteiger partial charge in [-0.05, 0) is 0 Å². The predicted molar refractivity (Wildman–Crippen MR) is 186 cm³/mol. The first-order chi connectivity index (χ1) is 19.8. The summed E-state index contributed by atoms with van der Waals surface area (Å²) in [6.07, 6.45) is 8.68. The first kappa shape index (κ1) is 31.3. The van der Waals surface area contributed by atoms with Gasteiger partial charge >= 0.3 is 259 Å². The molecule has 6 atom stereocenters. The summed E-state index contributed by atoms with van der Waals surface area (Å²) in [5, 5.41) is 0. The molecule has 0 aromatic heterocycles. The van der Waals surface area contributed by atoms with Crippen LogP contribution < -0.4 is 10.7 Å². The quantitative estimate of drug-likeness (QED) is 0.157. The summed E-state index contributed by atoms with van der Waals surface area (Å²) in [6.45, 7) is 15.3. The van der Waals surface area contributed by atoms with Crippen LogP contribution in [0.1, 0.15) is 80.1 Å². The Morgan fingerprint density at radius 3 is 1.22 bits per heavy atom. The van der Waals surface area contributed by atoms with Crippen LogP contribution >= 0.6 is 7.92 Å². The molecule has 0 saturated heterocycles. The van der Waals surface area contributed by atoms with E-state index in [0.717, 1.165) is 46.8 Å². The van der Waals surface area contributed by atoms with Gasteiger partial charge in [0, 0.05) is 0 Å². The molecule has 0 N–H and O–H groups in total. The molecule has 2 aliphatic carbocycles. The Morgan fingerprint density at radius 2 is 0.902 bits per heavy atom. The first-order valence-corrected chi connectivity index (χ1v) is 24.7. The van der Waals surface area contributed by atoms with Crippen molar-refractivity contribution in [3.05, 3.63) is 91.0 Å². The standard InChI is InChI=1S/C21H40P.3C6H5.Sn/c1-14(2)18-10-8-16(5)12-20(18)22(7)21-13-17(6)9-11-19(21)15(3)4;3*1-2-4-6-5-3-1;/h14-21H,7-13H2,1-6H3;3*1-5H;/t16-,17-,18+,19+,20-,21-;;;;/m1..../s1. The van der Waals surface area contributed by atoms with Gasteiger partial charge in [-0.3, -0.25) is 0 Å². The second-order valence-corrected chi connectivity index (χ2v) is 30.0. The van der Waals surface area contributed by atoms with Gasteiger partial charge in [0.25, 0.3) is 0 Å². The molecule has 2 fully saturated rings. The van der Waals surface area contributed by atoms with E-state index in [1.807, 2.05) is 0 Å². The van der Waals surface area contributed by atoms with E-state index in [1.165, 1.54) is 42.7 Å². The summed E-state index contributed by atoms with van der Waals surface area (Å²) in [4.78, 5) is 0. The van der Waals surface area contributed by atoms with Crippen LogP contribution in [0.2, 0.25) is 0 Å².